The Morgan fingerprint density at radius 2 is 2.47 bits per heavy atom. The molecule has 3 unspecified atom stereocenters. The van der Waals surface area contributed by atoms with Gasteiger partial charge in [-0.2, -0.15) is 0 Å². The van der Waals surface area contributed by atoms with Gasteiger partial charge < -0.3 is 5.11 Å². The van der Waals surface area contributed by atoms with Gasteiger partial charge in [0.15, 0.2) is 0 Å². The molecule has 2 heterocycles. The van der Waals surface area contributed by atoms with Gasteiger partial charge in [0.2, 0.25) is 0 Å². The number of rotatable bonds is 1. The van der Waals surface area contributed by atoms with E-state index in [9.17, 15) is 5.11 Å². The molecule has 3 heteroatoms. The molecule has 1 aliphatic carbocycles. The highest BCUT2D eigenvalue weighted by Gasteiger charge is 2.59. The Morgan fingerprint density at radius 1 is 1.59 bits per heavy atom. The Kier molecular flexibility index (Phi) is 2.43. The highest BCUT2D eigenvalue weighted by Crippen LogP contribution is 2.57. The number of nitrogens with zero attached hydrogens (tertiary/aromatic N) is 2. The van der Waals surface area contributed by atoms with Gasteiger partial charge in [0.25, 0.3) is 0 Å². The molecule has 1 saturated heterocycles. The molecule has 0 bridgehead atoms. The van der Waals surface area contributed by atoms with Crippen LogP contribution in [0.2, 0.25) is 0 Å². The molecule has 2 aliphatic rings. The van der Waals surface area contributed by atoms with Gasteiger partial charge in [-0.05, 0) is 37.3 Å². The summed E-state index contributed by atoms with van der Waals surface area (Å²) >= 11 is 0. The van der Waals surface area contributed by atoms with Crippen LogP contribution in [0.4, 0.5) is 0 Å². The number of aliphatic hydroxyl groups excluding tert-OH is 1. The molecule has 0 amide bonds. The van der Waals surface area contributed by atoms with E-state index in [0.717, 1.165) is 18.8 Å². The maximum Gasteiger partial charge on any atom is 0.113 e. The smallest absolute Gasteiger partial charge is 0.113 e. The van der Waals surface area contributed by atoms with Crippen LogP contribution in [0, 0.1) is 23.2 Å². The summed E-state index contributed by atoms with van der Waals surface area (Å²) in [6.07, 6.45) is 2.59. The first-order chi connectivity index (χ1) is 8.20. The van der Waals surface area contributed by atoms with E-state index in [-0.39, 0.29) is 11.6 Å². The minimum atomic E-state index is -0.351. The fourth-order valence-electron chi connectivity index (χ4n) is 2.63. The number of piperidine rings is 1. The van der Waals surface area contributed by atoms with Gasteiger partial charge in [-0.1, -0.05) is 12.0 Å². The van der Waals surface area contributed by atoms with Crippen molar-refractivity contribution in [2.75, 3.05) is 13.1 Å². The summed E-state index contributed by atoms with van der Waals surface area (Å²) in [5.74, 6) is 7.17. The highest BCUT2D eigenvalue weighted by molar-refractivity contribution is 5.35. The van der Waals surface area contributed by atoms with Gasteiger partial charge in [-0.3, -0.25) is 4.90 Å². The predicted octanol–water partition coefficient (Wildman–Crippen LogP) is 1.09. The van der Waals surface area contributed by atoms with E-state index in [1.807, 2.05) is 25.1 Å². The highest BCUT2D eigenvalue weighted by atomic mass is 16.3. The number of fused-ring (bicyclic) bond motifs is 1. The molecule has 0 spiro atoms. The van der Waals surface area contributed by atoms with Crippen LogP contribution in [0.25, 0.3) is 0 Å². The van der Waals surface area contributed by atoms with Crippen molar-refractivity contribution < 1.29 is 5.11 Å². The van der Waals surface area contributed by atoms with Crippen molar-refractivity contribution in [1.82, 2.24) is 9.88 Å². The molecule has 1 N–H and O–H groups in total. The summed E-state index contributed by atoms with van der Waals surface area (Å²) in [7, 11) is 0. The van der Waals surface area contributed by atoms with E-state index >= 15 is 0 Å². The SMILES string of the molecule is CC(O)N1CC2CC2(C#Cc2ccccn2)C1. The number of hydrogen-bond donors (Lipinski definition) is 1. The van der Waals surface area contributed by atoms with Crippen LogP contribution in [-0.4, -0.2) is 34.3 Å². The van der Waals surface area contributed by atoms with Crippen LogP contribution in [-0.2, 0) is 0 Å². The number of hydrogen-bond acceptors (Lipinski definition) is 3. The molecule has 88 valence electrons. The first-order valence-corrected chi connectivity index (χ1v) is 6.06. The molecular formula is C14H16N2O. The maximum atomic E-state index is 9.56. The summed E-state index contributed by atoms with van der Waals surface area (Å²) in [6.45, 7) is 3.70. The standard InChI is InChI=1S/C14H16N2O/c1-11(17)16-9-12-8-14(12,10-16)6-5-13-4-2-3-7-15-13/h2-4,7,11-12,17H,8-10H2,1H3. The fraction of sp³-hybridized carbons (Fsp3) is 0.500. The van der Waals surface area contributed by atoms with Crippen LogP contribution in [0.5, 0.6) is 0 Å². The molecule has 3 rings (SSSR count). The van der Waals surface area contributed by atoms with Crippen LogP contribution in [0.3, 0.4) is 0 Å². The average Bonchev–Trinajstić information content (AvgIpc) is 2.90. The molecular weight excluding hydrogens is 212 g/mol. The second-order valence-electron chi connectivity index (χ2n) is 5.08. The van der Waals surface area contributed by atoms with Gasteiger partial charge in [0, 0.05) is 24.7 Å². The third kappa shape index (κ3) is 1.95. The van der Waals surface area contributed by atoms with Gasteiger partial charge >= 0.3 is 0 Å². The maximum absolute atomic E-state index is 9.56. The lowest BCUT2D eigenvalue weighted by Crippen LogP contribution is -2.33. The quantitative estimate of drug-likeness (QED) is 0.731. The van der Waals surface area contributed by atoms with E-state index in [0.29, 0.717) is 5.92 Å². The average molecular weight is 228 g/mol. The molecule has 3 nitrogen and oxygen atoms in total. The minimum Gasteiger partial charge on any atom is -0.379 e. The largest absolute Gasteiger partial charge is 0.379 e. The Hall–Kier alpha value is -1.37. The minimum absolute atomic E-state index is 0.133. The molecule has 1 aromatic rings. The summed E-state index contributed by atoms with van der Waals surface area (Å²) in [5, 5.41) is 9.56. The molecule has 1 saturated carbocycles. The van der Waals surface area contributed by atoms with Gasteiger partial charge in [-0.15, -0.1) is 0 Å². The Labute approximate surface area is 101 Å². The summed E-state index contributed by atoms with van der Waals surface area (Å²) in [5.41, 5.74) is 0.970. The zero-order valence-corrected chi connectivity index (χ0v) is 9.93. The zero-order chi connectivity index (χ0) is 11.9. The molecule has 17 heavy (non-hydrogen) atoms. The lowest BCUT2D eigenvalue weighted by molar-refractivity contribution is 0.0260. The van der Waals surface area contributed by atoms with E-state index in [4.69, 9.17) is 0 Å². The molecule has 2 fully saturated rings. The second-order valence-corrected chi connectivity index (χ2v) is 5.08. The second kappa shape index (κ2) is 3.83. The third-order valence-corrected chi connectivity index (χ3v) is 3.80. The molecule has 1 aromatic heterocycles. The fourth-order valence-corrected chi connectivity index (χ4v) is 2.63. The molecule has 3 atom stereocenters. The van der Waals surface area contributed by atoms with Gasteiger partial charge in [0.05, 0.1) is 0 Å². The van der Waals surface area contributed by atoms with E-state index in [1.54, 1.807) is 6.20 Å². The first kappa shape index (κ1) is 10.8. The van der Waals surface area contributed by atoms with Gasteiger partial charge in [0.1, 0.15) is 11.9 Å². The van der Waals surface area contributed by atoms with Crippen LogP contribution in [0.1, 0.15) is 19.0 Å². The number of aliphatic hydroxyl groups is 1. The van der Waals surface area contributed by atoms with E-state index < -0.39 is 0 Å². The number of pyridine rings is 1. The van der Waals surface area contributed by atoms with Crippen molar-refractivity contribution in [3.8, 4) is 11.8 Å². The predicted molar refractivity (Wildman–Crippen MR) is 64.9 cm³/mol. The molecule has 0 aromatic carbocycles. The van der Waals surface area contributed by atoms with Crippen molar-refractivity contribution in [2.45, 2.75) is 19.6 Å². The lowest BCUT2D eigenvalue weighted by atomic mass is 10.1. The van der Waals surface area contributed by atoms with Crippen molar-refractivity contribution >= 4 is 0 Å². The number of likely N-dealkylation sites (tertiary alicyclic amines) is 1. The number of aromatic nitrogens is 1. The van der Waals surface area contributed by atoms with Crippen LogP contribution >= 0.6 is 0 Å². The Balaban J connectivity index is 1.74. The third-order valence-electron chi connectivity index (χ3n) is 3.80. The molecule has 1 aliphatic heterocycles. The van der Waals surface area contributed by atoms with E-state index in [1.165, 1.54) is 6.42 Å². The normalized spacial score (nSPS) is 32.5. The van der Waals surface area contributed by atoms with Crippen molar-refractivity contribution in [2.24, 2.45) is 11.3 Å². The van der Waals surface area contributed by atoms with Crippen molar-refractivity contribution in [1.29, 1.82) is 0 Å². The van der Waals surface area contributed by atoms with Crippen LogP contribution < -0.4 is 0 Å². The Bertz CT molecular complexity index is 474. The molecule has 0 radical (unpaired) electrons. The van der Waals surface area contributed by atoms with Crippen LogP contribution in [0.15, 0.2) is 24.4 Å². The van der Waals surface area contributed by atoms with Crippen molar-refractivity contribution in [3.05, 3.63) is 30.1 Å². The van der Waals surface area contributed by atoms with Gasteiger partial charge in [-0.25, -0.2) is 4.98 Å². The lowest BCUT2D eigenvalue weighted by Gasteiger charge is -2.21. The summed E-state index contributed by atoms with van der Waals surface area (Å²) in [4.78, 5) is 6.31. The van der Waals surface area contributed by atoms with E-state index in [2.05, 4.69) is 21.7 Å². The summed E-state index contributed by atoms with van der Waals surface area (Å²) in [6, 6.07) is 5.78. The first-order valence-electron chi connectivity index (χ1n) is 6.06. The van der Waals surface area contributed by atoms with Crippen molar-refractivity contribution in [3.63, 3.8) is 0 Å². The monoisotopic (exact) mass is 228 g/mol. The topological polar surface area (TPSA) is 36.4 Å². The Morgan fingerprint density at radius 3 is 3.12 bits per heavy atom. The zero-order valence-electron chi connectivity index (χ0n) is 9.93. The summed E-state index contributed by atoms with van der Waals surface area (Å²) < 4.78 is 0.